The number of hydrogen-bond donors (Lipinski definition) is 0. The third kappa shape index (κ3) is 3.30. The van der Waals surface area contributed by atoms with Gasteiger partial charge in [0.05, 0.1) is 17.9 Å². The minimum Gasteiger partial charge on any atom is -0.548 e. The van der Waals surface area contributed by atoms with Crippen molar-refractivity contribution in [3.63, 3.8) is 0 Å². The molecule has 15 heavy (non-hydrogen) atoms. The van der Waals surface area contributed by atoms with Gasteiger partial charge in [-0.2, -0.15) is 0 Å². The maximum absolute atomic E-state index is 11.6. The molecule has 0 aromatic heterocycles. The van der Waals surface area contributed by atoms with Gasteiger partial charge in [-0.15, -0.1) is 11.8 Å². The number of nitrogens with zero attached hydrogens (tertiary/aromatic N) is 1. The normalized spacial score (nSPS) is 21.5. The summed E-state index contributed by atoms with van der Waals surface area (Å²) in [5, 5.41) is 10.7. The molecule has 1 rings (SSSR count). The van der Waals surface area contributed by atoms with Gasteiger partial charge in [0.15, 0.2) is 0 Å². The molecule has 0 unspecified atom stereocenters. The van der Waals surface area contributed by atoms with Gasteiger partial charge in [-0.3, -0.25) is 4.90 Å². The Morgan fingerprint density at radius 1 is 1.47 bits per heavy atom. The van der Waals surface area contributed by atoms with Crippen LogP contribution < -0.4 is 5.11 Å². The fourth-order valence-electron chi connectivity index (χ4n) is 1.14. The van der Waals surface area contributed by atoms with Gasteiger partial charge in [0.1, 0.15) is 5.60 Å². The van der Waals surface area contributed by atoms with E-state index in [2.05, 4.69) is 0 Å². The number of carboxylic acids is 1. The molecular weight excluding hydrogens is 218 g/mol. The third-order valence-corrected chi connectivity index (χ3v) is 2.79. The zero-order valence-electron chi connectivity index (χ0n) is 8.98. The molecule has 1 amide bonds. The number of carbonyl (C=O) groups is 2. The van der Waals surface area contributed by atoms with Crippen LogP contribution in [0.5, 0.6) is 0 Å². The van der Waals surface area contributed by atoms with Crippen molar-refractivity contribution in [3.8, 4) is 0 Å². The minimum absolute atomic E-state index is 0.341. The summed E-state index contributed by atoms with van der Waals surface area (Å²) >= 11 is 1.38. The first-order valence-corrected chi connectivity index (χ1v) is 5.75. The molecule has 0 aromatic rings. The van der Waals surface area contributed by atoms with Crippen LogP contribution in [0.25, 0.3) is 0 Å². The predicted octanol–water partition coefficient (Wildman–Crippen LogP) is 0.0463. The van der Waals surface area contributed by atoms with Crippen molar-refractivity contribution in [2.45, 2.75) is 32.4 Å². The quantitative estimate of drug-likeness (QED) is 0.638. The molecule has 0 aromatic carbocycles. The van der Waals surface area contributed by atoms with Crippen LogP contribution in [0.1, 0.15) is 20.8 Å². The lowest BCUT2D eigenvalue weighted by Crippen LogP contribution is -2.49. The average molecular weight is 232 g/mol. The van der Waals surface area contributed by atoms with E-state index in [0.29, 0.717) is 11.6 Å². The first kappa shape index (κ1) is 12.2. The van der Waals surface area contributed by atoms with Crippen LogP contribution >= 0.6 is 11.8 Å². The molecule has 1 aliphatic rings. The van der Waals surface area contributed by atoms with E-state index >= 15 is 0 Å². The number of carboxylic acid groups (broad SMARTS) is 1. The highest BCUT2D eigenvalue weighted by Gasteiger charge is 2.33. The molecular formula is C9H14NO4S-. The topological polar surface area (TPSA) is 69.7 Å². The lowest BCUT2D eigenvalue weighted by Gasteiger charge is -2.28. The summed E-state index contributed by atoms with van der Waals surface area (Å²) in [5.41, 5.74) is -0.610. The number of aliphatic carboxylic acids is 1. The second kappa shape index (κ2) is 4.30. The lowest BCUT2D eigenvalue weighted by atomic mass is 10.2. The van der Waals surface area contributed by atoms with Gasteiger partial charge in [-0.1, -0.05) is 0 Å². The summed E-state index contributed by atoms with van der Waals surface area (Å²) in [4.78, 5) is 23.5. The smallest absolute Gasteiger partial charge is 0.411 e. The molecule has 0 bridgehead atoms. The van der Waals surface area contributed by atoms with Gasteiger partial charge in [-0.25, -0.2) is 4.79 Å². The van der Waals surface area contributed by atoms with Gasteiger partial charge in [0, 0.05) is 5.75 Å². The van der Waals surface area contributed by atoms with Gasteiger partial charge >= 0.3 is 6.09 Å². The number of carbonyl (C=O) groups excluding carboxylic acids is 2. The standard InChI is InChI=1S/C9H15NO4S/c1-9(2,3)14-8(13)10-5-15-4-6(10)7(11)12/h6H,4-5H2,1-3H3,(H,11,12)/p-1/t6-/m0/s1. The van der Waals surface area contributed by atoms with E-state index < -0.39 is 23.7 Å². The number of ether oxygens (including phenoxy) is 1. The van der Waals surface area contributed by atoms with Gasteiger partial charge in [-0.05, 0) is 20.8 Å². The fraction of sp³-hybridized carbons (Fsp3) is 0.778. The Kier molecular flexibility index (Phi) is 3.49. The number of thioether (sulfide) groups is 1. The molecule has 0 aliphatic carbocycles. The van der Waals surface area contributed by atoms with Crippen LogP contribution in [0.2, 0.25) is 0 Å². The second-order valence-electron chi connectivity index (χ2n) is 4.28. The van der Waals surface area contributed by atoms with Crippen molar-refractivity contribution in [1.29, 1.82) is 0 Å². The molecule has 0 saturated carbocycles. The van der Waals surface area contributed by atoms with Crippen molar-refractivity contribution in [2.75, 3.05) is 11.6 Å². The van der Waals surface area contributed by atoms with E-state index in [0.717, 1.165) is 0 Å². The number of rotatable bonds is 1. The summed E-state index contributed by atoms with van der Waals surface area (Å²) in [5.74, 6) is -0.527. The largest absolute Gasteiger partial charge is 0.548 e. The summed E-state index contributed by atoms with van der Waals surface area (Å²) in [7, 11) is 0. The van der Waals surface area contributed by atoms with Crippen LogP contribution in [0.15, 0.2) is 0 Å². The first-order chi connectivity index (χ1) is 6.81. The van der Waals surface area contributed by atoms with Gasteiger partial charge < -0.3 is 14.6 Å². The Labute approximate surface area is 92.8 Å². The molecule has 0 spiro atoms. The summed E-state index contributed by atoms with van der Waals surface area (Å²) < 4.78 is 5.08. The molecule has 1 aliphatic heterocycles. The Balaban J connectivity index is 2.63. The summed E-state index contributed by atoms with van der Waals surface area (Å²) in [6, 6.07) is -0.871. The van der Waals surface area contributed by atoms with Crippen molar-refractivity contribution in [2.24, 2.45) is 0 Å². The highest BCUT2D eigenvalue weighted by molar-refractivity contribution is 7.99. The highest BCUT2D eigenvalue weighted by atomic mass is 32.2. The second-order valence-corrected chi connectivity index (χ2v) is 5.28. The molecule has 1 saturated heterocycles. The Bertz CT molecular complexity index is 274. The van der Waals surface area contributed by atoms with Crippen LogP contribution in [-0.4, -0.2) is 40.2 Å². The van der Waals surface area contributed by atoms with Crippen molar-refractivity contribution in [1.82, 2.24) is 4.90 Å². The molecule has 0 radical (unpaired) electrons. The first-order valence-electron chi connectivity index (χ1n) is 4.59. The maximum Gasteiger partial charge on any atom is 0.411 e. The minimum atomic E-state index is -1.23. The lowest BCUT2D eigenvalue weighted by molar-refractivity contribution is -0.309. The SMILES string of the molecule is CC(C)(C)OC(=O)N1CSC[C@H]1C(=O)[O-]. The molecule has 86 valence electrons. The monoisotopic (exact) mass is 232 g/mol. The fourth-order valence-corrected chi connectivity index (χ4v) is 2.27. The average Bonchev–Trinajstić information content (AvgIpc) is 2.47. The van der Waals surface area contributed by atoms with Crippen LogP contribution in [0, 0.1) is 0 Å². The van der Waals surface area contributed by atoms with E-state index in [9.17, 15) is 14.7 Å². The van der Waals surface area contributed by atoms with E-state index in [1.165, 1.54) is 16.7 Å². The van der Waals surface area contributed by atoms with Crippen LogP contribution in [0.3, 0.4) is 0 Å². The zero-order valence-corrected chi connectivity index (χ0v) is 9.80. The van der Waals surface area contributed by atoms with E-state index in [4.69, 9.17) is 4.74 Å². The van der Waals surface area contributed by atoms with E-state index in [1.807, 2.05) is 0 Å². The number of amides is 1. The van der Waals surface area contributed by atoms with E-state index in [1.54, 1.807) is 20.8 Å². The maximum atomic E-state index is 11.6. The Morgan fingerprint density at radius 2 is 2.07 bits per heavy atom. The molecule has 1 atom stereocenters. The van der Waals surface area contributed by atoms with Crippen molar-refractivity contribution in [3.05, 3.63) is 0 Å². The van der Waals surface area contributed by atoms with Crippen LogP contribution in [0.4, 0.5) is 4.79 Å². The highest BCUT2D eigenvalue weighted by Crippen LogP contribution is 2.22. The van der Waals surface area contributed by atoms with Gasteiger partial charge in [0.25, 0.3) is 0 Å². The predicted molar refractivity (Wildman–Crippen MR) is 54.2 cm³/mol. The third-order valence-electron chi connectivity index (χ3n) is 1.78. The van der Waals surface area contributed by atoms with Crippen molar-refractivity contribution >= 4 is 23.8 Å². The summed E-state index contributed by atoms with van der Waals surface area (Å²) in [6.45, 7) is 5.21. The Hall–Kier alpha value is -0.910. The Morgan fingerprint density at radius 3 is 2.53 bits per heavy atom. The van der Waals surface area contributed by atoms with Crippen molar-refractivity contribution < 1.29 is 19.4 Å². The molecule has 5 nitrogen and oxygen atoms in total. The molecule has 6 heteroatoms. The molecule has 0 N–H and O–H groups in total. The van der Waals surface area contributed by atoms with E-state index in [-0.39, 0.29) is 0 Å². The number of hydrogen-bond acceptors (Lipinski definition) is 5. The zero-order chi connectivity index (χ0) is 11.6. The molecule has 1 fully saturated rings. The van der Waals surface area contributed by atoms with Crippen LogP contribution in [-0.2, 0) is 9.53 Å². The summed E-state index contributed by atoms with van der Waals surface area (Å²) in [6.07, 6.45) is -0.596. The van der Waals surface area contributed by atoms with Gasteiger partial charge in [0.2, 0.25) is 0 Å². The molecule has 1 heterocycles.